The van der Waals surface area contributed by atoms with E-state index in [1.54, 1.807) is 18.2 Å². The highest BCUT2D eigenvalue weighted by atomic mass is 16.5. The van der Waals surface area contributed by atoms with Gasteiger partial charge >= 0.3 is 5.97 Å². The van der Waals surface area contributed by atoms with Crippen LogP contribution in [0.15, 0.2) is 30.3 Å². The number of nitriles is 1. The third-order valence-electron chi connectivity index (χ3n) is 4.18. The van der Waals surface area contributed by atoms with Crippen LogP contribution in [0.2, 0.25) is 0 Å². The molecule has 0 unspecified atom stereocenters. The number of piperidine rings is 1. The van der Waals surface area contributed by atoms with E-state index in [0.29, 0.717) is 11.3 Å². The maximum absolute atomic E-state index is 11.0. The van der Waals surface area contributed by atoms with Crippen LogP contribution in [0.5, 0.6) is 5.75 Å². The van der Waals surface area contributed by atoms with Crippen LogP contribution in [0.1, 0.15) is 34.5 Å². The van der Waals surface area contributed by atoms with Crippen molar-refractivity contribution in [1.29, 1.82) is 5.26 Å². The Kier molecular flexibility index (Phi) is 4.80. The summed E-state index contributed by atoms with van der Waals surface area (Å²) in [4.78, 5) is 13.0. The number of carboxylic acids is 1. The van der Waals surface area contributed by atoms with Gasteiger partial charge in [0.1, 0.15) is 11.9 Å². The lowest BCUT2D eigenvalue weighted by Crippen LogP contribution is -2.39. The maximum Gasteiger partial charge on any atom is 0.356 e. The second-order valence-corrected chi connectivity index (χ2v) is 5.99. The number of ether oxygens (including phenoxy) is 1. The van der Waals surface area contributed by atoms with E-state index >= 15 is 0 Å². The number of aromatic carboxylic acids is 1. The second-order valence-electron chi connectivity index (χ2n) is 5.99. The van der Waals surface area contributed by atoms with Crippen LogP contribution in [-0.2, 0) is 0 Å². The number of hydrogen-bond acceptors (Lipinski definition) is 6. The first-order valence-corrected chi connectivity index (χ1v) is 8.06. The summed E-state index contributed by atoms with van der Waals surface area (Å²) in [6, 6.07) is 10.8. The highest BCUT2D eigenvalue weighted by molar-refractivity contribution is 5.85. The molecule has 25 heavy (non-hydrogen) atoms. The average molecular weight is 338 g/mol. The lowest BCUT2D eigenvalue weighted by atomic mass is 10.1. The van der Waals surface area contributed by atoms with Crippen molar-refractivity contribution in [1.82, 2.24) is 10.2 Å². The number of nitrogens with zero attached hydrogens (tertiary/aromatic N) is 4. The molecule has 0 atom stereocenters. The Hall–Kier alpha value is -3.14. The third kappa shape index (κ3) is 3.86. The third-order valence-corrected chi connectivity index (χ3v) is 4.18. The van der Waals surface area contributed by atoms with Crippen LogP contribution in [-0.4, -0.2) is 40.5 Å². The number of benzene rings is 1. The predicted octanol–water partition coefficient (Wildman–Crippen LogP) is 2.40. The van der Waals surface area contributed by atoms with E-state index in [-0.39, 0.29) is 11.8 Å². The zero-order chi connectivity index (χ0) is 17.8. The molecule has 7 nitrogen and oxygen atoms in total. The Balaban J connectivity index is 1.62. The number of aromatic nitrogens is 2. The first-order valence-electron chi connectivity index (χ1n) is 8.06. The van der Waals surface area contributed by atoms with Crippen molar-refractivity contribution in [3.8, 4) is 11.8 Å². The van der Waals surface area contributed by atoms with E-state index in [1.165, 1.54) is 0 Å². The van der Waals surface area contributed by atoms with Crippen LogP contribution < -0.4 is 9.64 Å². The summed E-state index contributed by atoms with van der Waals surface area (Å²) >= 11 is 0. The van der Waals surface area contributed by atoms with Crippen molar-refractivity contribution in [2.24, 2.45) is 0 Å². The Morgan fingerprint density at radius 2 is 2.08 bits per heavy atom. The van der Waals surface area contributed by atoms with Crippen LogP contribution in [0.4, 0.5) is 5.82 Å². The van der Waals surface area contributed by atoms with E-state index in [4.69, 9.17) is 15.1 Å². The van der Waals surface area contributed by atoms with Gasteiger partial charge < -0.3 is 14.7 Å². The van der Waals surface area contributed by atoms with Crippen LogP contribution >= 0.6 is 0 Å². The highest BCUT2D eigenvalue weighted by Crippen LogP contribution is 2.24. The molecule has 2 aromatic rings. The summed E-state index contributed by atoms with van der Waals surface area (Å²) in [5.74, 6) is 0.350. The number of aryl methyl sites for hydroxylation is 1. The first kappa shape index (κ1) is 16.7. The molecule has 1 aliphatic heterocycles. The smallest absolute Gasteiger partial charge is 0.356 e. The number of rotatable bonds is 4. The monoisotopic (exact) mass is 338 g/mol. The van der Waals surface area contributed by atoms with Gasteiger partial charge in [0.05, 0.1) is 11.6 Å². The van der Waals surface area contributed by atoms with Crippen molar-refractivity contribution < 1.29 is 14.6 Å². The fourth-order valence-corrected chi connectivity index (χ4v) is 2.91. The summed E-state index contributed by atoms with van der Waals surface area (Å²) in [5.41, 5.74) is 1.34. The zero-order valence-corrected chi connectivity index (χ0v) is 13.8. The van der Waals surface area contributed by atoms with Gasteiger partial charge in [0.15, 0.2) is 11.5 Å². The van der Waals surface area contributed by atoms with Crippen molar-refractivity contribution >= 4 is 11.8 Å². The zero-order valence-electron chi connectivity index (χ0n) is 13.8. The van der Waals surface area contributed by atoms with E-state index < -0.39 is 5.97 Å². The Labute approximate surface area is 145 Å². The van der Waals surface area contributed by atoms with Gasteiger partial charge in [-0.25, -0.2) is 4.79 Å². The number of hydrogen-bond donors (Lipinski definition) is 1. The molecule has 1 aliphatic rings. The molecule has 1 N–H and O–H groups in total. The predicted molar refractivity (Wildman–Crippen MR) is 90.7 cm³/mol. The van der Waals surface area contributed by atoms with Gasteiger partial charge in [-0.2, -0.15) is 5.26 Å². The maximum atomic E-state index is 11.0. The van der Waals surface area contributed by atoms with Gasteiger partial charge in [0.25, 0.3) is 0 Å². The molecule has 3 rings (SSSR count). The standard InChI is InChI=1S/C18H18N4O3/c1-12-9-16(18(23)24)20-21-17(12)22-7-5-14(6-8-22)25-15-4-2-3-13(10-15)11-19/h2-4,9-10,14H,5-8H2,1H3,(H,23,24). The quantitative estimate of drug-likeness (QED) is 0.913. The van der Waals surface area contributed by atoms with Crippen molar-refractivity contribution in [3.63, 3.8) is 0 Å². The molecule has 0 bridgehead atoms. The molecule has 1 aromatic carbocycles. The SMILES string of the molecule is Cc1cc(C(=O)O)nnc1N1CCC(Oc2cccc(C#N)c2)CC1. The molecule has 0 aliphatic carbocycles. The lowest BCUT2D eigenvalue weighted by Gasteiger charge is -2.33. The summed E-state index contributed by atoms with van der Waals surface area (Å²) in [5, 5.41) is 25.8. The van der Waals surface area contributed by atoms with Crippen LogP contribution in [0, 0.1) is 18.3 Å². The molecule has 0 radical (unpaired) electrons. The van der Waals surface area contributed by atoms with Crippen molar-refractivity contribution in [2.75, 3.05) is 18.0 Å². The Morgan fingerprint density at radius 1 is 1.32 bits per heavy atom. The number of carbonyl (C=O) groups is 1. The summed E-state index contributed by atoms with van der Waals surface area (Å²) in [6.07, 6.45) is 1.72. The van der Waals surface area contributed by atoms with Gasteiger partial charge in [-0.3, -0.25) is 0 Å². The van der Waals surface area contributed by atoms with Crippen LogP contribution in [0.25, 0.3) is 0 Å². The fourth-order valence-electron chi connectivity index (χ4n) is 2.91. The Bertz CT molecular complexity index is 823. The minimum atomic E-state index is -1.08. The van der Waals surface area contributed by atoms with E-state index in [2.05, 4.69) is 21.2 Å². The van der Waals surface area contributed by atoms with Crippen LogP contribution in [0.3, 0.4) is 0 Å². The van der Waals surface area contributed by atoms with Gasteiger partial charge in [-0.05, 0) is 36.8 Å². The second kappa shape index (κ2) is 7.18. The molecule has 0 spiro atoms. The number of carboxylic acid groups (broad SMARTS) is 1. The van der Waals surface area contributed by atoms with Gasteiger partial charge in [-0.1, -0.05) is 6.07 Å². The van der Waals surface area contributed by atoms with E-state index in [0.717, 1.165) is 37.3 Å². The molecule has 1 fully saturated rings. The molecule has 128 valence electrons. The minimum Gasteiger partial charge on any atom is -0.490 e. The molecule has 0 saturated carbocycles. The minimum absolute atomic E-state index is 0.0446. The molecule has 1 aromatic heterocycles. The van der Waals surface area contributed by atoms with Crippen molar-refractivity contribution in [3.05, 3.63) is 47.2 Å². The molecule has 1 saturated heterocycles. The first-order chi connectivity index (χ1) is 12.1. The van der Waals surface area contributed by atoms with Gasteiger partial charge in [0.2, 0.25) is 0 Å². The molecule has 0 amide bonds. The molecular formula is C18H18N4O3. The molecule has 2 heterocycles. The van der Waals surface area contributed by atoms with Gasteiger partial charge in [-0.15, -0.1) is 10.2 Å². The fraction of sp³-hybridized carbons (Fsp3) is 0.333. The summed E-state index contributed by atoms with van der Waals surface area (Å²) < 4.78 is 5.97. The van der Waals surface area contributed by atoms with E-state index in [1.807, 2.05) is 19.1 Å². The van der Waals surface area contributed by atoms with E-state index in [9.17, 15) is 4.79 Å². The summed E-state index contributed by atoms with van der Waals surface area (Å²) in [6.45, 7) is 3.35. The molecular weight excluding hydrogens is 320 g/mol. The lowest BCUT2D eigenvalue weighted by molar-refractivity contribution is 0.0689. The van der Waals surface area contributed by atoms with Crippen molar-refractivity contribution in [2.45, 2.75) is 25.9 Å². The largest absolute Gasteiger partial charge is 0.490 e. The molecule has 7 heteroatoms. The average Bonchev–Trinajstić information content (AvgIpc) is 2.62. The highest BCUT2D eigenvalue weighted by Gasteiger charge is 2.23. The topological polar surface area (TPSA) is 99.3 Å². The Morgan fingerprint density at radius 3 is 2.72 bits per heavy atom. The number of anilines is 1. The normalized spacial score (nSPS) is 14.8. The van der Waals surface area contributed by atoms with Gasteiger partial charge in [0, 0.05) is 25.9 Å². The summed E-state index contributed by atoms with van der Waals surface area (Å²) in [7, 11) is 0.